The van der Waals surface area contributed by atoms with E-state index in [2.05, 4.69) is 150 Å². The van der Waals surface area contributed by atoms with E-state index < -0.39 is 0 Å². The van der Waals surface area contributed by atoms with Crippen LogP contribution in [0.2, 0.25) is 0 Å². The molecule has 0 N–H and O–H groups in total. The van der Waals surface area contributed by atoms with E-state index >= 15 is 0 Å². The van der Waals surface area contributed by atoms with Crippen molar-refractivity contribution in [3.05, 3.63) is 143 Å². The van der Waals surface area contributed by atoms with E-state index in [1.165, 1.54) is 93.5 Å². The number of fused-ring (bicyclic) bond motifs is 3. The van der Waals surface area contributed by atoms with Crippen LogP contribution in [-0.4, -0.2) is 0 Å². The second-order valence-corrected chi connectivity index (χ2v) is 11.4. The largest absolute Gasteiger partial charge is 0.0622 e. The molecule has 0 aliphatic rings. The van der Waals surface area contributed by atoms with Crippen molar-refractivity contribution in [3.63, 3.8) is 0 Å². The van der Waals surface area contributed by atoms with Crippen molar-refractivity contribution in [1.82, 2.24) is 0 Å². The van der Waals surface area contributed by atoms with Crippen LogP contribution in [0, 0.1) is 34.6 Å². The van der Waals surface area contributed by atoms with Gasteiger partial charge in [0.1, 0.15) is 0 Å². The zero-order valence-corrected chi connectivity index (χ0v) is 24.5. The summed E-state index contributed by atoms with van der Waals surface area (Å²) >= 11 is 0. The molecule has 0 saturated carbocycles. The highest BCUT2D eigenvalue weighted by Crippen LogP contribution is 2.48. The summed E-state index contributed by atoms with van der Waals surface area (Å²) in [5.41, 5.74) is 14.8. The molecule has 0 unspecified atom stereocenters. The number of rotatable bonds is 3. The highest BCUT2D eigenvalue weighted by atomic mass is 14.3. The summed E-state index contributed by atoms with van der Waals surface area (Å²) in [5, 5.41) is 7.79. The summed E-state index contributed by atoms with van der Waals surface area (Å²) in [7, 11) is 0. The van der Waals surface area contributed by atoms with Gasteiger partial charge in [-0.25, -0.2) is 0 Å². The third kappa shape index (κ3) is 3.82. The summed E-state index contributed by atoms with van der Waals surface area (Å²) in [6.45, 7) is 11.4. The lowest BCUT2D eigenvalue weighted by Crippen LogP contribution is -2.01. The van der Waals surface area contributed by atoms with E-state index in [1.807, 2.05) is 0 Å². The highest BCUT2D eigenvalue weighted by molar-refractivity contribution is 6.24. The first-order valence-corrected chi connectivity index (χ1v) is 14.6. The molecule has 0 heteroatoms. The maximum atomic E-state index is 2.34. The van der Waals surface area contributed by atoms with Gasteiger partial charge in [-0.1, -0.05) is 115 Å². The van der Waals surface area contributed by atoms with Crippen molar-refractivity contribution >= 4 is 32.3 Å². The molecule has 0 aliphatic heterocycles. The van der Waals surface area contributed by atoms with E-state index in [4.69, 9.17) is 0 Å². The standard InChI is InChI=1S/C41H34/c1-25-26(2)28(4)39(29(5)27(25)3)41-36-21-13-11-19-34(36)40(35-20-12-14-22-37(35)41)38-24-23-31(30-15-7-6-8-16-30)32-17-9-10-18-33(32)38/h6-24H,1-5H3. The second kappa shape index (κ2) is 9.75. The van der Waals surface area contributed by atoms with Crippen LogP contribution in [0.25, 0.3) is 65.7 Å². The summed E-state index contributed by atoms with van der Waals surface area (Å²) in [4.78, 5) is 0. The van der Waals surface area contributed by atoms with Gasteiger partial charge in [-0.15, -0.1) is 0 Å². The zero-order valence-electron chi connectivity index (χ0n) is 24.5. The fourth-order valence-corrected chi connectivity index (χ4v) is 6.95. The minimum Gasteiger partial charge on any atom is -0.0622 e. The molecular weight excluding hydrogens is 492 g/mol. The molecule has 7 rings (SSSR count). The molecule has 0 amide bonds. The third-order valence-electron chi connectivity index (χ3n) is 9.46. The number of hydrogen-bond acceptors (Lipinski definition) is 0. The van der Waals surface area contributed by atoms with Gasteiger partial charge in [-0.2, -0.15) is 0 Å². The maximum absolute atomic E-state index is 2.34. The quantitative estimate of drug-likeness (QED) is 0.201. The molecule has 0 bridgehead atoms. The van der Waals surface area contributed by atoms with Gasteiger partial charge in [-0.3, -0.25) is 0 Å². The van der Waals surface area contributed by atoms with Crippen LogP contribution >= 0.6 is 0 Å². The van der Waals surface area contributed by atoms with Gasteiger partial charge in [0.25, 0.3) is 0 Å². The normalized spacial score (nSPS) is 11.5. The van der Waals surface area contributed by atoms with Gasteiger partial charge in [0.15, 0.2) is 0 Å². The average molecular weight is 527 g/mol. The van der Waals surface area contributed by atoms with Gasteiger partial charge in [0.2, 0.25) is 0 Å². The van der Waals surface area contributed by atoms with Crippen LogP contribution in [0.15, 0.2) is 115 Å². The van der Waals surface area contributed by atoms with E-state index in [1.54, 1.807) is 0 Å². The van der Waals surface area contributed by atoms with E-state index in [0.29, 0.717) is 0 Å². The molecule has 7 aromatic carbocycles. The Morgan fingerprint density at radius 3 is 1.15 bits per heavy atom. The maximum Gasteiger partial charge on any atom is -0.00201 e. The Hall–Kier alpha value is -4.68. The van der Waals surface area contributed by atoms with Gasteiger partial charge >= 0.3 is 0 Å². The van der Waals surface area contributed by atoms with Crippen LogP contribution in [-0.2, 0) is 0 Å². The molecule has 0 spiro atoms. The minimum atomic E-state index is 1.25. The first-order valence-electron chi connectivity index (χ1n) is 14.6. The van der Waals surface area contributed by atoms with E-state index in [0.717, 1.165) is 0 Å². The van der Waals surface area contributed by atoms with Crippen molar-refractivity contribution in [2.24, 2.45) is 0 Å². The van der Waals surface area contributed by atoms with Crippen LogP contribution < -0.4 is 0 Å². The van der Waals surface area contributed by atoms with Crippen molar-refractivity contribution < 1.29 is 0 Å². The molecule has 0 radical (unpaired) electrons. The fraction of sp³-hybridized carbons (Fsp3) is 0.122. The predicted octanol–water partition coefficient (Wildman–Crippen LogP) is 11.7. The van der Waals surface area contributed by atoms with E-state index in [9.17, 15) is 0 Å². The average Bonchev–Trinajstić information content (AvgIpc) is 3.02. The SMILES string of the molecule is Cc1c(C)c(C)c(-c2c3ccccc3c(-c3ccc(-c4ccccc4)c4ccccc34)c3ccccc23)c(C)c1C. The highest BCUT2D eigenvalue weighted by Gasteiger charge is 2.22. The van der Waals surface area contributed by atoms with E-state index in [-0.39, 0.29) is 0 Å². The summed E-state index contributed by atoms with van der Waals surface area (Å²) in [6.07, 6.45) is 0. The molecule has 0 nitrogen and oxygen atoms in total. The lowest BCUT2D eigenvalue weighted by molar-refractivity contribution is 1.18. The smallest absolute Gasteiger partial charge is 0.00201 e. The number of benzene rings is 7. The fourth-order valence-electron chi connectivity index (χ4n) is 6.95. The second-order valence-electron chi connectivity index (χ2n) is 11.4. The molecule has 41 heavy (non-hydrogen) atoms. The van der Waals surface area contributed by atoms with Crippen molar-refractivity contribution in [2.75, 3.05) is 0 Å². The molecule has 0 heterocycles. The Balaban J connectivity index is 1.64. The van der Waals surface area contributed by atoms with Crippen LogP contribution in [0.3, 0.4) is 0 Å². The Labute approximate surface area is 242 Å². The molecule has 198 valence electrons. The lowest BCUT2D eigenvalue weighted by atomic mass is 9.80. The van der Waals surface area contributed by atoms with Crippen molar-refractivity contribution in [1.29, 1.82) is 0 Å². The summed E-state index contributed by atoms with van der Waals surface area (Å²) < 4.78 is 0. The molecule has 0 fully saturated rings. The Kier molecular flexibility index (Phi) is 6.02. The molecule has 7 aromatic rings. The molecule has 0 aromatic heterocycles. The zero-order chi connectivity index (χ0) is 28.2. The van der Waals surface area contributed by atoms with Crippen LogP contribution in [0.5, 0.6) is 0 Å². The topological polar surface area (TPSA) is 0 Å². The Morgan fingerprint density at radius 1 is 0.268 bits per heavy atom. The summed E-state index contributed by atoms with van der Waals surface area (Å²) in [5.74, 6) is 0. The lowest BCUT2D eigenvalue weighted by Gasteiger charge is -2.24. The van der Waals surface area contributed by atoms with Crippen LogP contribution in [0.4, 0.5) is 0 Å². The Morgan fingerprint density at radius 2 is 0.634 bits per heavy atom. The molecule has 0 saturated heterocycles. The van der Waals surface area contributed by atoms with Gasteiger partial charge in [0, 0.05) is 0 Å². The van der Waals surface area contributed by atoms with Crippen LogP contribution in [0.1, 0.15) is 27.8 Å². The minimum absolute atomic E-state index is 1.25. The summed E-state index contributed by atoms with van der Waals surface area (Å²) in [6, 6.07) is 42.3. The monoisotopic (exact) mass is 526 g/mol. The molecular formula is C41H34. The predicted molar refractivity (Wildman–Crippen MR) is 179 cm³/mol. The third-order valence-corrected chi connectivity index (χ3v) is 9.46. The first-order chi connectivity index (χ1) is 20.0. The number of hydrogen-bond donors (Lipinski definition) is 0. The molecule has 0 atom stereocenters. The van der Waals surface area contributed by atoms with Gasteiger partial charge < -0.3 is 0 Å². The van der Waals surface area contributed by atoms with Gasteiger partial charge in [0.05, 0.1) is 0 Å². The van der Waals surface area contributed by atoms with Crippen molar-refractivity contribution in [2.45, 2.75) is 34.6 Å². The first kappa shape index (κ1) is 25.3. The van der Waals surface area contributed by atoms with Crippen molar-refractivity contribution in [3.8, 4) is 33.4 Å². The molecule has 0 aliphatic carbocycles. The van der Waals surface area contributed by atoms with Gasteiger partial charge in [-0.05, 0) is 128 Å². The Bertz CT molecular complexity index is 2040.